The molecule has 4 aromatic heterocycles. The minimum absolute atomic E-state index is 0.232. The highest BCUT2D eigenvalue weighted by molar-refractivity contribution is 7.17. The zero-order valence-corrected chi connectivity index (χ0v) is 19.2. The Bertz CT molecular complexity index is 1260. The molecule has 0 radical (unpaired) electrons. The number of anilines is 1. The van der Waals surface area contributed by atoms with Crippen molar-refractivity contribution < 1.29 is 9.53 Å². The third-order valence-electron chi connectivity index (χ3n) is 4.42. The highest BCUT2D eigenvalue weighted by Gasteiger charge is 2.18. The fraction of sp³-hybridized carbons (Fsp3) is 0.273. The van der Waals surface area contributed by atoms with E-state index in [4.69, 9.17) is 10.5 Å². The molecule has 0 aliphatic heterocycles. The van der Waals surface area contributed by atoms with Gasteiger partial charge >= 0.3 is 5.69 Å². The molecule has 0 atom stereocenters. The van der Waals surface area contributed by atoms with Crippen molar-refractivity contribution >= 4 is 33.3 Å². The molecule has 0 spiro atoms. The van der Waals surface area contributed by atoms with Gasteiger partial charge in [-0.05, 0) is 32.0 Å². The van der Waals surface area contributed by atoms with E-state index in [2.05, 4.69) is 30.2 Å². The van der Waals surface area contributed by atoms with Crippen molar-refractivity contribution in [3.8, 4) is 11.5 Å². The van der Waals surface area contributed by atoms with Crippen LogP contribution in [0.4, 0.5) is 5.82 Å². The Labute approximate surface area is 194 Å². The van der Waals surface area contributed by atoms with Crippen LogP contribution in [0.3, 0.4) is 0 Å². The Balaban J connectivity index is 0.000000555. The van der Waals surface area contributed by atoms with Crippen LogP contribution in [-0.2, 0) is 11.2 Å². The monoisotopic (exact) mass is 467 g/mol. The Kier molecular flexibility index (Phi) is 8.56. The SMILES string of the molecule is CCOCC.Nc1nc(-c2ccccn2)nc2scc(C(=O)NCCc3ccnc(=O)[nH]3)c12. The standard InChI is InChI=1S/C18H15N7O2S.C4H10O/c19-14-13-11(16(26)21-7-4-10-5-8-22-18(27)23-10)9-28-17(13)25-15(24-14)12-3-1-2-6-20-12;1-3-5-4-2/h1-3,5-6,8-9H,4,7H2,(H,21,26)(H2,19,24,25)(H,22,23,27);3-4H2,1-2H3. The summed E-state index contributed by atoms with van der Waals surface area (Å²) in [6, 6.07) is 7.14. The zero-order chi connectivity index (χ0) is 23.6. The van der Waals surface area contributed by atoms with E-state index < -0.39 is 5.69 Å². The quantitative estimate of drug-likeness (QED) is 0.375. The second-order valence-corrected chi connectivity index (χ2v) is 7.52. The summed E-state index contributed by atoms with van der Waals surface area (Å²) in [5.74, 6) is 0.375. The summed E-state index contributed by atoms with van der Waals surface area (Å²) in [4.78, 5) is 43.6. The lowest BCUT2D eigenvalue weighted by molar-refractivity contribution is 0.0956. The van der Waals surface area contributed by atoms with Crippen LogP contribution in [0.15, 0.2) is 46.8 Å². The van der Waals surface area contributed by atoms with Gasteiger partial charge in [0.15, 0.2) is 5.82 Å². The molecule has 1 amide bonds. The smallest absolute Gasteiger partial charge is 0.345 e. The number of thiophene rings is 1. The summed E-state index contributed by atoms with van der Waals surface area (Å²) in [7, 11) is 0. The van der Waals surface area contributed by atoms with E-state index in [1.54, 1.807) is 29.8 Å². The fourth-order valence-corrected chi connectivity index (χ4v) is 3.83. The minimum Gasteiger partial charge on any atom is -0.383 e. The molecule has 11 heteroatoms. The van der Waals surface area contributed by atoms with Gasteiger partial charge in [-0.25, -0.2) is 19.7 Å². The van der Waals surface area contributed by atoms with Crippen LogP contribution in [0.25, 0.3) is 21.7 Å². The number of nitrogens with one attached hydrogen (secondary N) is 2. The van der Waals surface area contributed by atoms with Crippen molar-refractivity contribution in [2.75, 3.05) is 25.5 Å². The van der Waals surface area contributed by atoms with E-state index >= 15 is 0 Å². The van der Waals surface area contributed by atoms with E-state index in [0.29, 0.717) is 46.0 Å². The number of rotatable bonds is 7. The van der Waals surface area contributed by atoms with Gasteiger partial charge in [-0.15, -0.1) is 11.3 Å². The minimum atomic E-state index is -0.415. The second kappa shape index (κ2) is 11.8. The van der Waals surface area contributed by atoms with Gasteiger partial charge in [-0.2, -0.15) is 0 Å². The van der Waals surface area contributed by atoms with Crippen molar-refractivity contribution in [3.63, 3.8) is 0 Å². The zero-order valence-electron chi connectivity index (χ0n) is 18.4. The topological polar surface area (TPSA) is 149 Å². The first-order valence-electron chi connectivity index (χ1n) is 10.4. The summed E-state index contributed by atoms with van der Waals surface area (Å²) < 4.78 is 4.83. The Morgan fingerprint density at radius 1 is 1.15 bits per heavy atom. The molecule has 0 aliphatic carbocycles. The normalized spacial score (nSPS) is 10.5. The lowest BCUT2D eigenvalue weighted by Crippen LogP contribution is -2.26. The van der Waals surface area contributed by atoms with Crippen LogP contribution in [0.2, 0.25) is 0 Å². The highest BCUT2D eigenvalue weighted by atomic mass is 32.1. The number of carbonyl (C=O) groups is 1. The number of amides is 1. The highest BCUT2D eigenvalue weighted by Crippen LogP contribution is 2.30. The van der Waals surface area contributed by atoms with Crippen LogP contribution in [0.1, 0.15) is 29.9 Å². The van der Waals surface area contributed by atoms with Gasteiger partial charge < -0.3 is 20.8 Å². The summed E-state index contributed by atoms with van der Waals surface area (Å²) in [5, 5.41) is 5.06. The van der Waals surface area contributed by atoms with Crippen LogP contribution >= 0.6 is 11.3 Å². The maximum atomic E-state index is 12.6. The number of ether oxygens (including phenoxy) is 1. The third kappa shape index (κ3) is 6.40. The Morgan fingerprint density at radius 2 is 1.97 bits per heavy atom. The average molecular weight is 468 g/mol. The molecule has 0 aromatic carbocycles. The Hall–Kier alpha value is -3.70. The van der Waals surface area contributed by atoms with Crippen LogP contribution in [-0.4, -0.2) is 50.6 Å². The first-order chi connectivity index (χ1) is 16.0. The number of hydrogen-bond donors (Lipinski definition) is 3. The molecule has 172 valence electrons. The number of nitrogens with two attached hydrogens (primary N) is 1. The summed E-state index contributed by atoms with van der Waals surface area (Å²) >= 11 is 1.32. The molecule has 4 rings (SSSR count). The summed E-state index contributed by atoms with van der Waals surface area (Å²) in [6.07, 6.45) is 3.56. The van der Waals surface area contributed by atoms with Gasteiger partial charge in [-0.3, -0.25) is 9.78 Å². The predicted molar refractivity (Wildman–Crippen MR) is 128 cm³/mol. The number of aromatic nitrogens is 5. The lowest BCUT2D eigenvalue weighted by Gasteiger charge is -2.06. The lowest BCUT2D eigenvalue weighted by atomic mass is 10.2. The number of fused-ring (bicyclic) bond motifs is 1. The molecule has 0 bridgehead atoms. The maximum absolute atomic E-state index is 12.6. The first-order valence-corrected chi connectivity index (χ1v) is 11.3. The molecule has 0 saturated heterocycles. The number of carbonyl (C=O) groups excluding carboxylic acids is 1. The molecule has 0 fully saturated rings. The molecule has 0 saturated carbocycles. The van der Waals surface area contributed by atoms with Gasteiger partial charge in [0.05, 0.1) is 10.9 Å². The molecule has 0 unspecified atom stereocenters. The largest absolute Gasteiger partial charge is 0.383 e. The number of pyridine rings is 1. The number of hydrogen-bond acceptors (Lipinski definition) is 9. The van der Waals surface area contributed by atoms with Crippen molar-refractivity contribution in [1.29, 1.82) is 0 Å². The van der Waals surface area contributed by atoms with Crippen LogP contribution < -0.4 is 16.7 Å². The van der Waals surface area contributed by atoms with Gasteiger partial charge in [0.2, 0.25) is 0 Å². The van der Waals surface area contributed by atoms with E-state index in [1.807, 2.05) is 19.9 Å². The maximum Gasteiger partial charge on any atom is 0.345 e. The second-order valence-electron chi connectivity index (χ2n) is 6.66. The van der Waals surface area contributed by atoms with Crippen LogP contribution in [0, 0.1) is 0 Å². The molecule has 4 heterocycles. The van der Waals surface area contributed by atoms with Crippen molar-refractivity contribution in [3.05, 3.63) is 63.8 Å². The summed E-state index contributed by atoms with van der Waals surface area (Å²) in [6.45, 7) is 6.02. The third-order valence-corrected chi connectivity index (χ3v) is 5.30. The number of aromatic amines is 1. The molecule has 4 N–H and O–H groups in total. The van der Waals surface area contributed by atoms with Gasteiger partial charge in [-0.1, -0.05) is 6.07 Å². The molecule has 10 nitrogen and oxygen atoms in total. The Morgan fingerprint density at radius 3 is 2.64 bits per heavy atom. The fourth-order valence-electron chi connectivity index (χ4n) is 2.91. The first kappa shape index (κ1) is 24.0. The van der Waals surface area contributed by atoms with Crippen molar-refractivity contribution in [2.24, 2.45) is 0 Å². The number of nitrogens with zero attached hydrogens (tertiary/aromatic N) is 4. The van der Waals surface area contributed by atoms with E-state index in [9.17, 15) is 9.59 Å². The van der Waals surface area contributed by atoms with E-state index in [-0.39, 0.29) is 11.7 Å². The molecule has 4 aromatic rings. The van der Waals surface area contributed by atoms with Gasteiger partial charge in [0, 0.05) is 49.6 Å². The molecular weight excluding hydrogens is 442 g/mol. The van der Waals surface area contributed by atoms with E-state index in [0.717, 1.165) is 13.2 Å². The molecule has 33 heavy (non-hydrogen) atoms. The van der Waals surface area contributed by atoms with Gasteiger partial charge in [0.25, 0.3) is 5.91 Å². The average Bonchev–Trinajstić information content (AvgIpc) is 3.25. The number of H-pyrrole nitrogens is 1. The van der Waals surface area contributed by atoms with E-state index in [1.165, 1.54) is 17.5 Å². The number of nitrogen functional groups attached to an aromatic ring is 1. The molecule has 0 aliphatic rings. The summed E-state index contributed by atoms with van der Waals surface area (Å²) in [5.41, 5.74) is 7.43. The van der Waals surface area contributed by atoms with Crippen molar-refractivity contribution in [1.82, 2.24) is 30.2 Å². The predicted octanol–water partition coefficient (Wildman–Crippen LogP) is 2.43. The van der Waals surface area contributed by atoms with Crippen molar-refractivity contribution in [2.45, 2.75) is 20.3 Å². The van der Waals surface area contributed by atoms with Crippen LogP contribution in [0.5, 0.6) is 0 Å². The molecular formula is C22H25N7O3S. The van der Waals surface area contributed by atoms with Gasteiger partial charge in [0.1, 0.15) is 16.3 Å².